The molecule has 0 aromatic heterocycles. The maximum Gasteiger partial charge on any atom is 0.123 e. The van der Waals surface area contributed by atoms with E-state index in [9.17, 15) is 8.78 Å². The molecule has 0 spiro atoms. The van der Waals surface area contributed by atoms with Crippen molar-refractivity contribution in [1.82, 2.24) is 20.7 Å². The van der Waals surface area contributed by atoms with Crippen LogP contribution in [0.5, 0.6) is 0 Å². The molecule has 0 amide bonds. The molecule has 144 valence electrons. The minimum Gasteiger partial charge on any atom is -0.300 e. The molecule has 2 fully saturated rings. The Morgan fingerprint density at radius 2 is 1.63 bits per heavy atom. The Morgan fingerprint density at radius 1 is 0.889 bits per heavy atom. The van der Waals surface area contributed by atoms with Crippen LogP contribution in [0, 0.1) is 17.6 Å². The number of hydrogen-bond donors (Lipinski definition) is 2. The van der Waals surface area contributed by atoms with Gasteiger partial charge in [0.15, 0.2) is 0 Å². The fourth-order valence-corrected chi connectivity index (χ4v) is 4.09. The number of halogens is 2. The molecule has 6 heteroatoms. The smallest absolute Gasteiger partial charge is 0.123 e. The second-order valence-electron chi connectivity index (χ2n) is 7.52. The van der Waals surface area contributed by atoms with Gasteiger partial charge in [0.05, 0.1) is 6.04 Å². The molecule has 2 aliphatic rings. The third-order valence-electron chi connectivity index (χ3n) is 5.58. The van der Waals surface area contributed by atoms with Crippen LogP contribution in [0.2, 0.25) is 0 Å². The number of piperazine rings is 1. The molecule has 4 nitrogen and oxygen atoms in total. The van der Waals surface area contributed by atoms with Crippen molar-refractivity contribution in [3.8, 4) is 0 Å². The maximum atomic E-state index is 13.4. The zero-order valence-electron chi connectivity index (χ0n) is 15.4. The average molecular weight is 372 g/mol. The summed E-state index contributed by atoms with van der Waals surface area (Å²) in [6.45, 7) is 6.73. The average Bonchev–Trinajstić information content (AvgIpc) is 3.12. The molecule has 0 aliphatic carbocycles. The molecule has 0 bridgehead atoms. The number of hydrazine groups is 1. The predicted molar refractivity (Wildman–Crippen MR) is 102 cm³/mol. The molecule has 2 aromatic rings. The Kier molecular flexibility index (Phi) is 5.78. The van der Waals surface area contributed by atoms with E-state index < -0.39 is 0 Å². The van der Waals surface area contributed by atoms with Crippen molar-refractivity contribution in [2.24, 2.45) is 5.92 Å². The highest BCUT2D eigenvalue weighted by Gasteiger charge is 2.30. The molecule has 2 aromatic carbocycles. The van der Waals surface area contributed by atoms with Crippen LogP contribution in [0.4, 0.5) is 8.78 Å². The molecular weight excluding hydrogens is 346 g/mol. The first-order valence-electron chi connectivity index (χ1n) is 9.60. The summed E-state index contributed by atoms with van der Waals surface area (Å²) in [5.41, 5.74) is 8.74. The molecule has 0 saturated carbocycles. The Labute approximate surface area is 159 Å². The second kappa shape index (κ2) is 8.44. The second-order valence-corrected chi connectivity index (χ2v) is 7.52. The molecule has 2 heterocycles. The zero-order valence-corrected chi connectivity index (χ0v) is 15.4. The molecule has 2 saturated heterocycles. The number of hydrogen-bond acceptors (Lipinski definition) is 4. The maximum absolute atomic E-state index is 13.4. The van der Waals surface area contributed by atoms with Crippen molar-refractivity contribution in [3.63, 3.8) is 0 Å². The SMILES string of the molecule is Fc1ccc(C2NNCC2CN2CCN(Cc3cccc(F)c3)CC2)cc1. The molecule has 27 heavy (non-hydrogen) atoms. The molecule has 4 rings (SSSR count). The Balaban J connectivity index is 1.29. The summed E-state index contributed by atoms with van der Waals surface area (Å²) in [6.07, 6.45) is 0. The Bertz CT molecular complexity index is 744. The summed E-state index contributed by atoms with van der Waals surface area (Å²) in [6, 6.07) is 13.9. The third kappa shape index (κ3) is 4.71. The minimum atomic E-state index is -0.198. The number of benzene rings is 2. The van der Waals surface area contributed by atoms with E-state index in [0.29, 0.717) is 5.92 Å². The fraction of sp³-hybridized carbons (Fsp3) is 0.429. The van der Waals surface area contributed by atoms with Crippen LogP contribution >= 0.6 is 0 Å². The van der Waals surface area contributed by atoms with Crippen molar-refractivity contribution in [2.45, 2.75) is 12.6 Å². The van der Waals surface area contributed by atoms with Crippen molar-refractivity contribution in [3.05, 3.63) is 71.3 Å². The molecule has 2 unspecified atom stereocenters. The summed E-state index contributed by atoms with van der Waals surface area (Å²) in [5, 5.41) is 0. The van der Waals surface area contributed by atoms with E-state index in [-0.39, 0.29) is 17.7 Å². The Hall–Kier alpha value is -1.86. The highest BCUT2D eigenvalue weighted by molar-refractivity contribution is 5.22. The lowest BCUT2D eigenvalue weighted by atomic mass is 9.94. The monoisotopic (exact) mass is 372 g/mol. The van der Waals surface area contributed by atoms with Gasteiger partial charge in [0.2, 0.25) is 0 Å². The van der Waals surface area contributed by atoms with Crippen LogP contribution in [0.15, 0.2) is 48.5 Å². The topological polar surface area (TPSA) is 30.5 Å². The van der Waals surface area contributed by atoms with Crippen LogP contribution < -0.4 is 10.9 Å². The van der Waals surface area contributed by atoms with Crippen LogP contribution in [0.1, 0.15) is 17.2 Å². The van der Waals surface area contributed by atoms with Crippen LogP contribution in [-0.2, 0) is 6.54 Å². The van der Waals surface area contributed by atoms with Gasteiger partial charge in [-0.25, -0.2) is 14.2 Å². The first-order valence-corrected chi connectivity index (χ1v) is 9.60. The molecule has 2 aliphatic heterocycles. The lowest BCUT2D eigenvalue weighted by molar-refractivity contribution is 0.112. The zero-order chi connectivity index (χ0) is 18.6. The highest BCUT2D eigenvalue weighted by Crippen LogP contribution is 2.26. The van der Waals surface area contributed by atoms with Gasteiger partial charge in [0, 0.05) is 51.7 Å². The fourth-order valence-electron chi connectivity index (χ4n) is 4.09. The Morgan fingerprint density at radius 3 is 2.37 bits per heavy atom. The largest absolute Gasteiger partial charge is 0.300 e. The lowest BCUT2D eigenvalue weighted by Crippen LogP contribution is -2.48. The normalized spacial score (nSPS) is 24.4. The van der Waals surface area contributed by atoms with Gasteiger partial charge in [-0.05, 0) is 35.4 Å². The molecule has 2 atom stereocenters. The summed E-state index contributed by atoms with van der Waals surface area (Å²) < 4.78 is 26.5. The predicted octanol–water partition coefficient (Wildman–Crippen LogP) is 2.55. The van der Waals surface area contributed by atoms with Crippen molar-refractivity contribution < 1.29 is 8.78 Å². The molecule has 0 radical (unpaired) electrons. The van der Waals surface area contributed by atoms with Gasteiger partial charge in [0.25, 0.3) is 0 Å². The third-order valence-corrected chi connectivity index (χ3v) is 5.58. The van der Waals surface area contributed by atoms with Gasteiger partial charge >= 0.3 is 0 Å². The van der Waals surface area contributed by atoms with E-state index in [1.54, 1.807) is 12.1 Å². The van der Waals surface area contributed by atoms with Gasteiger partial charge in [0.1, 0.15) is 11.6 Å². The summed E-state index contributed by atoms with van der Waals surface area (Å²) in [4.78, 5) is 4.88. The number of rotatable bonds is 5. The van der Waals surface area contributed by atoms with E-state index in [1.807, 2.05) is 18.2 Å². The van der Waals surface area contributed by atoms with Crippen molar-refractivity contribution >= 4 is 0 Å². The van der Waals surface area contributed by atoms with Gasteiger partial charge in [-0.1, -0.05) is 24.3 Å². The van der Waals surface area contributed by atoms with E-state index in [4.69, 9.17) is 0 Å². The van der Waals surface area contributed by atoms with Gasteiger partial charge in [-0.15, -0.1) is 0 Å². The quantitative estimate of drug-likeness (QED) is 0.845. The van der Waals surface area contributed by atoms with Crippen LogP contribution in [0.25, 0.3) is 0 Å². The molecule has 2 N–H and O–H groups in total. The first kappa shape index (κ1) is 18.5. The standard InChI is InChI=1S/C21H26F2N4/c22-19-6-4-17(5-7-19)21-18(13-24-25-21)15-27-10-8-26(9-11-27)14-16-2-1-3-20(23)12-16/h1-7,12,18,21,24-25H,8-11,13-15H2. The van der Waals surface area contributed by atoms with Gasteiger partial charge < -0.3 is 4.90 Å². The first-order chi connectivity index (χ1) is 13.2. The van der Waals surface area contributed by atoms with Gasteiger partial charge in [-0.3, -0.25) is 10.3 Å². The van der Waals surface area contributed by atoms with Gasteiger partial charge in [-0.2, -0.15) is 0 Å². The summed E-state index contributed by atoms with van der Waals surface area (Å²) in [7, 11) is 0. The van der Waals surface area contributed by atoms with E-state index in [2.05, 4.69) is 20.7 Å². The minimum absolute atomic E-state index is 0.167. The van der Waals surface area contributed by atoms with Crippen LogP contribution in [0.3, 0.4) is 0 Å². The summed E-state index contributed by atoms with van der Waals surface area (Å²) in [5.74, 6) is 0.0834. The van der Waals surface area contributed by atoms with Crippen molar-refractivity contribution in [2.75, 3.05) is 39.3 Å². The molecular formula is C21H26F2N4. The highest BCUT2D eigenvalue weighted by atomic mass is 19.1. The van der Waals surface area contributed by atoms with Crippen LogP contribution in [-0.4, -0.2) is 49.1 Å². The summed E-state index contributed by atoms with van der Waals surface area (Å²) >= 11 is 0. The van der Waals surface area contributed by atoms with E-state index in [1.165, 1.54) is 18.2 Å². The number of nitrogens with zero attached hydrogens (tertiary/aromatic N) is 2. The number of nitrogens with one attached hydrogen (secondary N) is 2. The van der Waals surface area contributed by atoms with E-state index in [0.717, 1.165) is 56.9 Å². The lowest BCUT2D eigenvalue weighted by Gasteiger charge is -2.36. The van der Waals surface area contributed by atoms with E-state index >= 15 is 0 Å². The van der Waals surface area contributed by atoms with Crippen molar-refractivity contribution in [1.29, 1.82) is 0 Å².